The highest BCUT2D eigenvalue weighted by molar-refractivity contribution is 5.37. The first-order valence-electron chi connectivity index (χ1n) is 6.25. The van der Waals surface area contributed by atoms with Gasteiger partial charge in [0.25, 0.3) is 0 Å². The summed E-state index contributed by atoms with van der Waals surface area (Å²) in [4.78, 5) is 12.7. The Balaban J connectivity index is 2.97. The summed E-state index contributed by atoms with van der Waals surface area (Å²) < 4.78 is 5.51. The van der Waals surface area contributed by atoms with Crippen LogP contribution in [-0.2, 0) is 0 Å². The largest absolute Gasteiger partial charge is 0.461 e. The second-order valence-electron chi connectivity index (χ2n) is 5.34. The number of rotatable bonds is 5. The number of nitrogens with zero attached hydrogens (tertiary/aromatic N) is 3. The van der Waals surface area contributed by atoms with Crippen LogP contribution in [0.2, 0.25) is 0 Å². The van der Waals surface area contributed by atoms with Crippen LogP contribution >= 0.6 is 0 Å². The Morgan fingerprint density at radius 3 is 2.22 bits per heavy atom. The van der Waals surface area contributed by atoms with Gasteiger partial charge in [0.1, 0.15) is 0 Å². The van der Waals surface area contributed by atoms with E-state index in [4.69, 9.17) is 4.74 Å². The highest BCUT2D eigenvalue weighted by atomic mass is 16.5. The fourth-order valence-corrected chi connectivity index (χ4v) is 1.25. The van der Waals surface area contributed by atoms with E-state index in [0.717, 1.165) is 6.54 Å². The molecule has 0 saturated heterocycles. The van der Waals surface area contributed by atoms with Gasteiger partial charge in [0.15, 0.2) is 0 Å². The Morgan fingerprint density at radius 2 is 1.72 bits per heavy atom. The van der Waals surface area contributed by atoms with Gasteiger partial charge in [0.2, 0.25) is 11.9 Å². The molecule has 0 aromatic carbocycles. The first-order chi connectivity index (χ1) is 8.30. The van der Waals surface area contributed by atoms with E-state index in [0.29, 0.717) is 17.9 Å². The molecule has 1 rings (SSSR count). The lowest BCUT2D eigenvalue weighted by atomic mass is 10.1. The van der Waals surface area contributed by atoms with Crippen molar-refractivity contribution in [1.29, 1.82) is 0 Å². The second kappa shape index (κ2) is 5.84. The summed E-state index contributed by atoms with van der Waals surface area (Å²) in [6, 6.07) is 0.336. The molecule has 1 heterocycles. The van der Waals surface area contributed by atoms with E-state index in [1.165, 1.54) is 0 Å². The highest BCUT2D eigenvalue weighted by Crippen LogP contribution is 2.15. The van der Waals surface area contributed by atoms with Gasteiger partial charge in [-0.1, -0.05) is 0 Å². The van der Waals surface area contributed by atoms with Crippen LogP contribution in [0.25, 0.3) is 0 Å². The number of ether oxygens (including phenoxy) is 1. The molecule has 0 spiro atoms. The third-order valence-corrected chi connectivity index (χ3v) is 1.78. The van der Waals surface area contributed by atoms with Crippen LogP contribution in [0.4, 0.5) is 11.9 Å². The maximum Gasteiger partial charge on any atom is 0.323 e. The molecule has 2 N–H and O–H groups in total. The van der Waals surface area contributed by atoms with Crippen LogP contribution < -0.4 is 15.4 Å². The molecule has 0 saturated carbocycles. The molecule has 6 nitrogen and oxygen atoms in total. The average molecular weight is 253 g/mol. The van der Waals surface area contributed by atoms with Crippen LogP contribution in [-0.4, -0.2) is 33.1 Å². The van der Waals surface area contributed by atoms with Gasteiger partial charge in [-0.3, -0.25) is 0 Å². The minimum atomic E-state index is -0.111. The summed E-state index contributed by atoms with van der Waals surface area (Å²) in [6.07, 6.45) is 0.0318. The van der Waals surface area contributed by atoms with Gasteiger partial charge < -0.3 is 15.4 Å². The number of nitrogens with one attached hydrogen (secondary N) is 2. The molecule has 18 heavy (non-hydrogen) atoms. The molecule has 0 amide bonds. The van der Waals surface area contributed by atoms with Crippen LogP contribution in [0.5, 0.6) is 6.01 Å². The summed E-state index contributed by atoms with van der Waals surface area (Å²) >= 11 is 0. The van der Waals surface area contributed by atoms with E-state index in [2.05, 4.69) is 25.6 Å². The average Bonchev–Trinajstić information content (AvgIpc) is 2.12. The third-order valence-electron chi connectivity index (χ3n) is 1.78. The van der Waals surface area contributed by atoms with Gasteiger partial charge in [-0.2, -0.15) is 15.0 Å². The lowest BCUT2D eigenvalue weighted by Gasteiger charge is -2.21. The molecule has 0 fully saturated rings. The topological polar surface area (TPSA) is 72.0 Å². The molecular weight excluding hydrogens is 230 g/mol. The zero-order valence-electron chi connectivity index (χ0n) is 12.0. The molecule has 102 valence electrons. The maximum absolute atomic E-state index is 5.51. The molecule has 0 unspecified atom stereocenters. The van der Waals surface area contributed by atoms with Crippen LogP contribution in [0, 0.1) is 0 Å². The smallest absolute Gasteiger partial charge is 0.323 e. The molecule has 0 atom stereocenters. The van der Waals surface area contributed by atoms with Crippen molar-refractivity contribution < 1.29 is 4.74 Å². The number of anilines is 2. The van der Waals surface area contributed by atoms with E-state index in [1.807, 2.05) is 41.5 Å². The Labute approximate surface area is 109 Å². The fourth-order valence-electron chi connectivity index (χ4n) is 1.25. The van der Waals surface area contributed by atoms with E-state index in [-0.39, 0.29) is 11.6 Å². The molecule has 0 aliphatic carbocycles. The van der Waals surface area contributed by atoms with Gasteiger partial charge >= 0.3 is 6.01 Å². The van der Waals surface area contributed by atoms with Gasteiger partial charge in [-0.25, -0.2) is 0 Å². The van der Waals surface area contributed by atoms with Gasteiger partial charge in [-0.15, -0.1) is 0 Å². The molecule has 0 aliphatic heterocycles. The van der Waals surface area contributed by atoms with Gasteiger partial charge in [0, 0.05) is 12.1 Å². The Morgan fingerprint density at radius 1 is 1.11 bits per heavy atom. The molecule has 1 aromatic rings. The summed E-state index contributed by atoms with van der Waals surface area (Å²) in [5, 5.41) is 6.28. The number of hydrogen-bond acceptors (Lipinski definition) is 6. The first kappa shape index (κ1) is 14.5. The van der Waals surface area contributed by atoms with Crippen molar-refractivity contribution in [2.24, 2.45) is 0 Å². The molecule has 0 bridgehead atoms. The summed E-state index contributed by atoms with van der Waals surface area (Å²) in [5.74, 6) is 1.04. The van der Waals surface area contributed by atoms with Crippen LogP contribution in [0.15, 0.2) is 0 Å². The predicted octanol–water partition coefficient (Wildman–Crippen LogP) is 2.30. The zero-order valence-corrected chi connectivity index (χ0v) is 12.0. The predicted molar refractivity (Wildman–Crippen MR) is 73.1 cm³/mol. The SMILES string of the molecule is CCNc1nc(NC(C)(C)C)nc(OC(C)C)n1. The van der Waals surface area contributed by atoms with Crippen molar-refractivity contribution in [1.82, 2.24) is 15.0 Å². The van der Waals surface area contributed by atoms with E-state index in [1.54, 1.807) is 0 Å². The molecular formula is C12H23N5O. The van der Waals surface area contributed by atoms with Gasteiger partial charge in [0.05, 0.1) is 6.10 Å². The van der Waals surface area contributed by atoms with Crippen molar-refractivity contribution in [3.63, 3.8) is 0 Å². The monoisotopic (exact) mass is 253 g/mol. The normalized spacial score (nSPS) is 11.5. The minimum absolute atomic E-state index is 0.0318. The van der Waals surface area contributed by atoms with Crippen molar-refractivity contribution in [3.05, 3.63) is 0 Å². The zero-order chi connectivity index (χ0) is 13.8. The van der Waals surface area contributed by atoms with Crippen molar-refractivity contribution >= 4 is 11.9 Å². The molecule has 1 aromatic heterocycles. The van der Waals surface area contributed by atoms with Crippen molar-refractivity contribution in [2.75, 3.05) is 17.2 Å². The van der Waals surface area contributed by atoms with Crippen LogP contribution in [0.3, 0.4) is 0 Å². The summed E-state index contributed by atoms with van der Waals surface area (Å²) in [7, 11) is 0. The lowest BCUT2D eigenvalue weighted by molar-refractivity contribution is 0.222. The molecule has 6 heteroatoms. The van der Waals surface area contributed by atoms with Crippen LogP contribution in [0.1, 0.15) is 41.5 Å². The summed E-state index contributed by atoms with van der Waals surface area (Å²) in [6.45, 7) is 12.8. The Bertz CT molecular complexity index is 387. The number of hydrogen-bond donors (Lipinski definition) is 2. The quantitative estimate of drug-likeness (QED) is 0.839. The molecule has 0 radical (unpaired) electrons. The van der Waals surface area contributed by atoms with Crippen molar-refractivity contribution in [2.45, 2.75) is 53.2 Å². The van der Waals surface area contributed by atoms with E-state index in [9.17, 15) is 0 Å². The van der Waals surface area contributed by atoms with E-state index >= 15 is 0 Å². The first-order valence-corrected chi connectivity index (χ1v) is 6.25. The van der Waals surface area contributed by atoms with Gasteiger partial charge in [-0.05, 0) is 41.5 Å². The lowest BCUT2D eigenvalue weighted by Crippen LogP contribution is -2.28. The maximum atomic E-state index is 5.51. The summed E-state index contributed by atoms with van der Waals surface area (Å²) in [5.41, 5.74) is -0.111. The third kappa shape index (κ3) is 5.16. The molecule has 0 aliphatic rings. The second-order valence-corrected chi connectivity index (χ2v) is 5.34. The highest BCUT2D eigenvalue weighted by Gasteiger charge is 2.14. The Kier molecular flexibility index (Phi) is 4.69. The fraction of sp³-hybridized carbons (Fsp3) is 0.750. The van der Waals surface area contributed by atoms with E-state index < -0.39 is 0 Å². The Hall–Kier alpha value is -1.59. The van der Waals surface area contributed by atoms with Crippen molar-refractivity contribution in [3.8, 4) is 6.01 Å². The number of aromatic nitrogens is 3. The standard InChI is InChI=1S/C12H23N5O/c1-7-13-9-14-10(17-12(4,5)6)16-11(15-9)18-8(2)3/h8H,7H2,1-6H3,(H2,13,14,15,16,17). The minimum Gasteiger partial charge on any atom is -0.461 e.